The first-order chi connectivity index (χ1) is 10.4. The van der Waals surface area contributed by atoms with E-state index in [1.165, 1.54) is 6.07 Å². The molecular weight excluding hydrogens is 302 g/mol. The van der Waals surface area contributed by atoms with Crippen molar-refractivity contribution in [3.63, 3.8) is 0 Å². The minimum absolute atomic E-state index is 0.0387. The lowest BCUT2D eigenvalue weighted by Crippen LogP contribution is -2.29. The Bertz CT molecular complexity index is 693. The lowest BCUT2D eigenvalue weighted by molar-refractivity contribution is -0.116. The van der Waals surface area contributed by atoms with Crippen LogP contribution >= 0.6 is 11.8 Å². The van der Waals surface area contributed by atoms with E-state index in [-0.39, 0.29) is 22.8 Å². The number of hydrogen-bond acceptors (Lipinski definition) is 4. The molecule has 1 atom stereocenters. The summed E-state index contributed by atoms with van der Waals surface area (Å²) in [5.41, 5.74) is 1.12. The average Bonchev–Trinajstić information content (AvgIpc) is 2.87. The van der Waals surface area contributed by atoms with Crippen LogP contribution in [0.25, 0.3) is 11.0 Å². The molecule has 1 unspecified atom stereocenters. The standard InChI is InChI=1S/C16H19NO4S/c1-4-22-14(9(2)3)15(18)17-11-5-6-12-10(7-11)8-13(21-12)16(19)20/h5-9,14H,4H2,1-3H3,(H,17,18)(H,19,20). The molecule has 0 fully saturated rings. The summed E-state index contributed by atoms with van der Waals surface area (Å²) < 4.78 is 5.20. The van der Waals surface area contributed by atoms with Gasteiger partial charge in [-0.05, 0) is 35.9 Å². The molecular formula is C16H19NO4S. The molecule has 2 aromatic rings. The van der Waals surface area contributed by atoms with Gasteiger partial charge in [0.1, 0.15) is 5.58 Å². The van der Waals surface area contributed by atoms with E-state index in [1.54, 1.807) is 30.0 Å². The molecule has 6 heteroatoms. The molecule has 1 heterocycles. The Balaban J connectivity index is 2.20. The molecule has 1 amide bonds. The van der Waals surface area contributed by atoms with Crippen molar-refractivity contribution in [2.24, 2.45) is 5.92 Å². The van der Waals surface area contributed by atoms with Gasteiger partial charge in [0.15, 0.2) is 0 Å². The second-order valence-electron chi connectivity index (χ2n) is 5.28. The molecule has 0 bridgehead atoms. The van der Waals surface area contributed by atoms with E-state index < -0.39 is 5.97 Å². The van der Waals surface area contributed by atoms with Crippen LogP contribution in [0.3, 0.4) is 0 Å². The number of hydrogen-bond donors (Lipinski definition) is 2. The van der Waals surface area contributed by atoms with Crippen molar-refractivity contribution < 1.29 is 19.1 Å². The van der Waals surface area contributed by atoms with Crippen molar-refractivity contribution in [2.45, 2.75) is 26.0 Å². The summed E-state index contributed by atoms with van der Waals surface area (Å²) in [5, 5.41) is 12.4. The molecule has 22 heavy (non-hydrogen) atoms. The van der Waals surface area contributed by atoms with Gasteiger partial charge in [-0.15, -0.1) is 11.8 Å². The monoisotopic (exact) mass is 321 g/mol. The summed E-state index contributed by atoms with van der Waals surface area (Å²) >= 11 is 1.62. The van der Waals surface area contributed by atoms with Gasteiger partial charge in [0, 0.05) is 11.1 Å². The normalized spacial score (nSPS) is 12.5. The van der Waals surface area contributed by atoms with Crippen LogP contribution < -0.4 is 5.32 Å². The number of anilines is 1. The van der Waals surface area contributed by atoms with Crippen LogP contribution in [0.1, 0.15) is 31.3 Å². The maximum Gasteiger partial charge on any atom is 0.371 e. The van der Waals surface area contributed by atoms with Gasteiger partial charge in [0.2, 0.25) is 11.7 Å². The summed E-state index contributed by atoms with van der Waals surface area (Å²) in [6, 6.07) is 6.54. The van der Waals surface area contributed by atoms with E-state index in [0.717, 1.165) is 5.75 Å². The van der Waals surface area contributed by atoms with Crippen LogP contribution in [0.4, 0.5) is 5.69 Å². The Hall–Kier alpha value is -1.95. The van der Waals surface area contributed by atoms with E-state index in [4.69, 9.17) is 9.52 Å². The highest BCUT2D eigenvalue weighted by atomic mass is 32.2. The van der Waals surface area contributed by atoms with Gasteiger partial charge in [-0.25, -0.2) is 4.79 Å². The minimum atomic E-state index is -1.11. The number of rotatable bonds is 6. The molecule has 2 rings (SSSR count). The topological polar surface area (TPSA) is 79.5 Å². The predicted molar refractivity (Wildman–Crippen MR) is 88.6 cm³/mol. The molecule has 1 aromatic heterocycles. The highest BCUT2D eigenvalue weighted by Crippen LogP contribution is 2.25. The number of benzene rings is 1. The SMILES string of the molecule is CCSC(C(=O)Nc1ccc2oc(C(=O)O)cc2c1)C(C)C. The first-order valence-corrected chi connectivity index (χ1v) is 8.16. The second kappa shape index (κ2) is 6.87. The Morgan fingerprint density at radius 2 is 2.05 bits per heavy atom. The van der Waals surface area contributed by atoms with E-state index in [0.29, 0.717) is 16.7 Å². The predicted octanol–water partition coefficient (Wildman–Crippen LogP) is 3.85. The molecule has 1 aromatic carbocycles. The van der Waals surface area contributed by atoms with Crippen molar-refractivity contribution >= 4 is 40.3 Å². The first kappa shape index (κ1) is 16.4. The number of nitrogens with one attached hydrogen (secondary N) is 1. The summed E-state index contributed by atoms with van der Waals surface area (Å²) in [4.78, 5) is 23.2. The van der Waals surface area contributed by atoms with E-state index in [9.17, 15) is 9.59 Å². The van der Waals surface area contributed by atoms with Gasteiger partial charge in [0.25, 0.3) is 0 Å². The third-order valence-electron chi connectivity index (χ3n) is 3.20. The summed E-state index contributed by atoms with van der Waals surface area (Å²) in [5.74, 6) is -0.149. The number of aromatic carboxylic acids is 1. The number of amides is 1. The van der Waals surface area contributed by atoms with Crippen LogP contribution in [0.15, 0.2) is 28.7 Å². The highest BCUT2D eigenvalue weighted by molar-refractivity contribution is 8.00. The van der Waals surface area contributed by atoms with Crippen molar-refractivity contribution in [3.8, 4) is 0 Å². The van der Waals surface area contributed by atoms with Crippen LogP contribution in [0.2, 0.25) is 0 Å². The molecule has 0 radical (unpaired) electrons. The fraction of sp³-hybridized carbons (Fsp3) is 0.375. The van der Waals surface area contributed by atoms with Crippen LogP contribution in [-0.4, -0.2) is 28.0 Å². The lowest BCUT2D eigenvalue weighted by Gasteiger charge is -2.19. The van der Waals surface area contributed by atoms with E-state index >= 15 is 0 Å². The fourth-order valence-corrected chi connectivity index (χ4v) is 3.14. The Kier molecular flexibility index (Phi) is 5.13. The third-order valence-corrected chi connectivity index (χ3v) is 4.66. The molecule has 0 aliphatic heterocycles. The zero-order chi connectivity index (χ0) is 16.3. The van der Waals surface area contributed by atoms with Crippen LogP contribution in [-0.2, 0) is 4.79 Å². The minimum Gasteiger partial charge on any atom is -0.475 e. The maximum absolute atomic E-state index is 12.3. The number of carbonyl (C=O) groups excluding carboxylic acids is 1. The van der Waals surface area contributed by atoms with Crippen molar-refractivity contribution in [1.82, 2.24) is 0 Å². The first-order valence-electron chi connectivity index (χ1n) is 7.11. The van der Waals surface area contributed by atoms with E-state index in [2.05, 4.69) is 5.32 Å². The van der Waals surface area contributed by atoms with Crippen molar-refractivity contribution in [3.05, 3.63) is 30.0 Å². The van der Waals surface area contributed by atoms with Gasteiger partial charge < -0.3 is 14.8 Å². The van der Waals surface area contributed by atoms with Gasteiger partial charge >= 0.3 is 5.97 Å². The summed E-state index contributed by atoms with van der Waals surface area (Å²) in [7, 11) is 0. The van der Waals surface area contributed by atoms with Crippen molar-refractivity contribution in [1.29, 1.82) is 0 Å². The number of carboxylic acids is 1. The quantitative estimate of drug-likeness (QED) is 0.845. The van der Waals surface area contributed by atoms with Crippen LogP contribution in [0.5, 0.6) is 0 Å². The molecule has 0 saturated heterocycles. The highest BCUT2D eigenvalue weighted by Gasteiger charge is 2.22. The molecule has 0 saturated carbocycles. The number of fused-ring (bicyclic) bond motifs is 1. The largest absolute Gasteiger partial charge is 0.475 e. The zero-order valence-corrected chi connectivity index (χ0v) is 13.6. The van der Waals surface area contributed by atoms with Crippen LogP contribution in [0, 0.1) is 5.92 Å². The Morgan fingerprint density at radius 1 is 1.32 bits per heavy atom. The molecule has 0 aliphatic carbocycles. The number of carbonyl (C=O) groups is 2. The molecule has 5 nitrogen and oxygen atoms in total. The summed E-state index contributed by atoms with van der Waals surface area (Å²) in [6.07, 6.45) is 0. The lowest BCUT2D eigenvalue weighted by atomic mass is 10.1. The van der Waals surface area contributed by atoms with Gasteiger partial charge in [-0.3, -0.25) is 4.79 Å². The molecule has 0 aliphatic rings. The number of furan rings is 1. The Labute approximate surface area is 133 Å². The molecule has 118 valence electrons. The fourth-order valence-electron chi connectivity index (χ4n) is 2.19. The van der Waals surface area contributed by atoms with Gasteiger partial charge in [-0.2, -0.15) is 0 Å². The van der Waals surface area contributed by atoms with Gasteiger partial charge in [-0.1, -0.05) is 20.8 Å². The average molecular weight is 321 g/mol. The molecule has 2 N–H and O–H groups in total. The van der Waals surface area contributed by atoms with Gasteiger partial charge in [0.05, 0.1) is 5.25 Å². The third kappa shape index (κ3) is 3.62. The summed E-state index contributed by atoms with van der Waals surface area (Å²) in [6.45, 7) is 6.06. The maximum atomic E-state index is 12.3. The zero-order valence-electron chi connectivity index (χ0n) is 12.8. The number of thioether (sulfide) groups is 1. The number of carboxylic acid groups (broad SMARTS) is 1. The van der Waals surface area contributed by atoms with E-state index in [1.807, 2.05) is 20.8 Å². The second-order valence-corrected chi connectivity index (χ2v) is 6.70. The smallest absolute Gasteiger partial charge is 0.371 e. The molecule has 0 spiro atoms. The van der Waals surface area contributed by atoms with Crippen molar-refractivity contribution in [2.75, 3.05) is 11.1 Å². The Morgan fingerprint density at radius 3 is 2.64 bits per heavy atom.